The molecule has 5 heteroatoms. The summed E-state index contributed by atoms with van der Waals surface area (Å²) in [6.45, 7) is 0. The Balaban J connectivity index is 1.10. The molecule has 4 heterocycles. The lowest BCUT2D eigenvalue weighted by molar-refractivity contribution is 1.01. The van der Waals surface area contributed by atoms with E-state index in [9.17, 15) is 0 Å². The smallest absolute Gasteiger partial charge is 0.235 e. The lowest BCUT2D eigenvalue weighted by Crippen LogP contribution is -2.00. The molecule has 0 atom stereocenters. The molecule has 4 nitrogen and oxygen atoms in total. The van der Waals surface area contributed by atoms with Crippen LogP contribution in [0.15, 0.2) is 170 Å². The van der Waals surface area contributed by atoms with E-state index in [-0.39, 0.29) is 0 Å². The Labute approximate surface area is 297 Å². The van der Waals surface area contributed by atoms with Crippen molar-refractivity contribution in [1.29, 1.82) is 0 Å². The Morgan fingerprint density at radius 3 is 1.55 bits per heavy atom. The zero-order valence-electron chi connectivity index (χ0n) is 27.4. The summed E-state index contributed by atoms with van der Waals surface area (Å²) in [5.74, 6) is 0.686. The predicted molar refractivity (Wildman–Crippen MR) is 214 cm³/mol. The van der Waals surface area contributed by atoms with Crippen molar-refractivity contribution in [3.05, 3.63) is 170 Å². The van der Waals surface area contributed by atoms with Crippen molar-refractivity contribution >= 4 is 75.3 Å². The molecule has 0 unspecified atom stereocenters. The largest absolute Gasteiger partial charge is 0.309 e. The number of hydrogen-bond acceptors (Lipinski definition) is 3. The third-order valence-corrected chi connectivity index (χ3v) is 11.3. The van der Waals surface area contributed by atoms with Gasteiger partial charge in [0, 0.05) is 37.2 Å². The lowest BCUT2D eigenvalue weighted by atomic mass is 9.93. The maximum absolute atomic E-state index is 5.29. The van der Waals surface area contributed by atoms with Gasteiger partial charge in [-0.2, -0.15) is 0 Å². The molecule has 11 aromatic rings. The Bertz CT molecular complexity index is 3060. The van der Waals surface area contributed by atoms with Gasteiger partial charge in [0.05, 0.1) is 44.2 Å². The number of thiophene rings is 1. The molecule has 0 saturated carbocycles. The molecule has 0 aliphatic rings. The topological polar surface area (TPSA) is 35.6 Å². The molecule has 0 bridgehead atoms. The first-order chi connectivity index (χ1) is 25.3. The van der Waals surface area contributed by atoms with Crippen LogP contribution in [0.3, 0.4) is 0 Å². The summed E-state index contributed by atoms with van der Waals surface area (Å²) in [4.78, 5) is 10.2. The lowest BCUT2D eigenvalue weighted by Gasteiger charge is -2.17. The number of para-hydroxylation sites is 5. The van der Waals surface area contributed by atoms with E-state index in [1.807, 2.05) is 6.20 Å². The predicted octanol–water partition coefficient (Wildman–Crippen LogP) is 12.4. The van der Waals surface area contributed by atoms with Gasteiger partial charge < -0.3 is 4.57 Å². The standard InChI is InChI=1S/C46H28N4S/c1-2-14-31(32-15-3-8-20-38(32)49-39-21-9-4-16-33(39)34-17-5-10-22-40(34)49)30(13-1)29-25-26-43-37(27-29)45-44(51-43)28-47-46(48-45)50-41-23-11-6-18-35(41)36-19-7-12-24-42(36)50/h1-28H. The van der Waals surface area contributed by atoms with Gasteiger partial charge in [0.1, 0.15) is 0 Å². The molecule has 0 aliphatic carbocycles. The van der Waals surface area contributed by atoms with Crippen molar-refractivity contribution in [2.24, 2.45) is 0 Å². The molecule has 0 saturated heterocycles. The molecule has 4 aromatic heterocycles. The quantitative estimate of drug-likeness (QED) is 0.187. The van der Waals surface area contributed by atoms with Crippen molar-refractivity contribution in [3.8, 4) is 33.9 Å². The minimum atomic E-state index is 0.686. The minimum absolute atomic E-state index is 0.686. The van der Waals surface area contributed by atoms with E-state index in [2.05, 4.69) is 173 Å². The van der Waals surface area contributed by atoms with Crippen LogP contribution >= 0.6 is 11.3 Å². The van der Waals surface area contributed by atoms with Crippen molar-refractivity contribution < 1.29 is 0 Å². The molecular weight excluding hydrogens is 641 g/mol. The van der Waals surface area contributed by atoms with E-state index in [4.69, 9.17) is 9.97 Å². The van der Waals surface area contributed by atoms with Gasteiger partial charge in [0.25, 0.3) is 0 Å². The Hall–Kier alpha value is -6.56. The van der Waals surface area contributed by atoms with Crippen LogP contribution in [0.4, 0.5) is 0 Å². The van der Waals surface area contributed by atoms with Gasteiger partial charge in [0.15, 0.2) is 0 Å². The fraction of sp³-hybridized carbons (Fsp3) is 0. The molecular formula is C46H28N4S. The van der Waals surface area contributed by atoms with Crippen molar-refractivity contribution in [2.75, 3.05) is 0 Å². The highest BCUT2D eigenvalue weighted by molar-refractivity contribution is 7.25. The summed E-state index contributed by atoms with van der Waals surface area (Å²) in [5.41, 5.74) is 11.5. The number of nitrogens with zero attached hydrogens (tertiary/aromatic N) is 4. The van der Waals surface area contributed by atoms with Crippen LogP contribution in [0.2, 0.25) is 0 Å². The fourth-order valence-corrected chi connectivity index (χ4v) is 9.01. The highest BCUT2D eigenvalue weighted by Gasteiger charge is 2.19. The van der Waals surface area contributed by atoms with Gasteiger partial charge in [-0.15, -0.1) is 11.3 Å². The maximum Gasteiger partial charge on any atom is 0.235 e. The molecule has 51 heavy (non-hydrogen) atoms. The molecule has 0 amide bonds. The van der Waals surface area contributed by atoms with Gasteiger partial charge in [-0.05, 0) is 59.2 Å². The summed E-state index contributed by atoms with van der Waals surface area (Å²) in [7, 11) is 0. The highest BCUT2D eigenvalue weighted by atomic mass is 32.1. The van der Waals surface area contributed by atoms with E-state index in [1.54, 1.807) is 11.3 Å². The SMILES string of the molecule is c1ccc(-c2ccccc2-n2c3ccccc3c3ccccc32)c(-c2ccc3sc4cnc(-n5c6ccccc6c6ccccc65)nc4c3c2)c1. The maximum atomic E-state index is 5.29. The van der Waals surface area contributed by atoms with Crippen LogP contribution < -0.4 is 0 Å². The zero-order valence-corrected chi connectivity index (χ0v) is 28.2. The van der Waals surface area contributed by atoms with Crippen LogP contribution in [0.5, 0.6) is 0 Å². The van der Waals surface area contributed by atoms with E-state index in [0.29, 0.717) is 5.95 Å². The van der Waals surface area contributed by atoms with Crippen molar-refractivity contribution in [3.63, 3.8) is 0 Å². The number of fused-ring (bicyclic) bond motifs is 9. The molecule has 11 rings (SSSR count). The van der Waals surface area contributed by atoms with E-state index in [0.717, 1.165) is 37.9 Å². The van der Waals surface area contributed by atoms with E-state index < -0.39 is 0 Å². The van der Waals surface area contributed by atoms with Crippen molar-refractivity contribution in [2.45, 2.75) is 0 Å². The Kier molecular flexibility index (Phi) is 6.09. The van der Waals surface area contributed by atoms with Gasteiger partial charge in [-0.3, -0.25) is 4.57 Å². The number of benzene rings is 7. The summed E-state index contributed by atoms with van der Waals surface area (Å²) in [6.07, 6.45) is 1.99. The van der Waals surface area contributed by atoms with Crippen LogP contribution in [0, 0.1) is 0 Å². The molecule has 0 N–H and O–H groups in total. The van der Waals surface area contributed by atoms with Crippen molar-refractivity contribution in [1.82, 2.24) is 19.1 Å². The third-order valence-electron chi connectivity index (χ3n) is 10.2. The molecule has 0 spiro atoms. The molecule has 0 radical (unpaired) electrons. The zero-order chi connectivity index (χ0) is 33.5. The molecule has 0 fully saturated rings. The normalized spacial score (nSPS) is 11.9. The molecule has 0 aliphatic heterocycles. The second-order valence-electron chi connectivity index (χ2n) is 13.0. The monoisotopic (exact) mass is 668 g/mol. The third kappa shape index (κ3) is 4.19. The van der Waals surface area contributed by atoms with Gasteiger partial charge in [-0.1, -0.05) is 121 Å². The Morgan fingerprint density at radius 2 is 0.922 bits per heavy atom. The average Bonchev–Trinajstić information content (AvgIpc) is 3.85. The second-order valence-corrected chi connectivity index (χ2v) is 14.1. The number of aromatic nitrogens is 4. The van der Waals surface area contributed by atoms with Crippen LogP contribution in [-0.4, -0.2) is 19.1 Å². The van der Waals surface area contributed by atoms with E-state index >= 15 is 0 Å². The van der Waals surface area contributed by atoms with Gasteiger partial charge in [-0.25, -0.2) is 9.97 Å². The molecule has 238 valence electrons. The first kappa shape index (κ1) is 28.3. The first-order valence-corrected chi connectivity index (χ1v) is 18.0. The average molecular weight is 669 g/mol. The number of hydrogen-bond donors (Lipinski definition) is 0. The van der Waals surface area contributed by atoms with Gasteiger partial charge >= 0.3 is 0 Å². The summed E-state index contributed by atoms with van der Waals surface area (Å²) in [6, 6.07) is 58.8. The highest BCUT2D eigenvalue weighted by Crippen LogP contribution is 2.42. The van der Waals surface area contributed by atoms with E-state index in [1.165, 1.54) is 54.0 Å². The Morgan fingerprint density at radius 1 is 0.412 bits per heavy atom. The number of rotatable bonds is 4. The fourth-order valence-electron chi connectivity index (χ4n) is 8.01. The second kappa shape index (κ2) is 11.0. The first-order valence-electron chi connectivity index (χ1n) is 17.2. The van der Waals surface area contributed by atoms with Gasteiger partial charge in [0.2, 0.25) is 5.95 Å². The van der Waals surface area contributed by atoms with Crippen LogP contribution in [-0.2, 0) is 0 Å². The minimum Gasteiger partial charge on any atom is -0.309 e. The van der Waals surface area contributed by atoms with Crippen LogP contribution in [0.1, 0.15) is 0 Å². The molecule has 7 aromatic carbocycles. The summed E-state index contributed by atoms with van der Waals surface area (Å²) >= 11 is 1.74. The van der Waals surface area contributed by atoms with Crippen LogP contribution in [0.25, 0.3) is 97.8 Å². The summed E-state index contributed by atoms with van der Waals surface area (Å²) < 4.78 is 6.89. The summed E-state index contributed by atoms with van der Waals surface area (Å²) in [5, 5.41) is 6.06.